The van der Waals surface area contributed by atoms with Crippen LogP contribution in [-0.4, -0.2) is 36.1 Å². The first kappa shape index (κ1) is 20.5. The van der Waals surface area contributed by atoms with Gasteiger partial charge in [0, 0.05) is 38.1 Å². The lowest BCUT2D eigenvalue weighted by atomic mass is 10.2. The van der Waals surface area contributed by atoms with Crippen molar-refractivity contribution in [2.24, 2.45) is 0 Å². The van der Waals surface area contributed by atoms with Crippen LogP contribution in [-0.2, 0) is 6.54 Å². The van der Waals surface area contributed by atoms with Gasteiger partial charge >= 0.3 is 0 Å². The maximum atomic E-state index is 14.7. The number of thiazole rings is 1. The Bertz CT molecular complexity index is 939. The second-order valence-electron chi connectivity index (χ2n) is 7.09. The van der Waals surface area contributed by atoms with E-state index in [0.29, 0.717) is 21.8 Å². The Labute approximate surface area is 183 Å². The summed E-state index contributed by atoms with van der Waals surface area (Å²) < 4.78 is 17.7. The highest BCUT2D eigenvalue weighted by Gasteiger charge is 2.27. The van der Waals surface area contributed by atoms with Crippen LogP contribution < -0.4 is 9.62 Å². The summed E-state index contributed by atoms with van der Waals surface area (Å²) in [7, 11) is 2.00. The number of benzene rings is 2. The molecule has 0 spiro atoms. The predicted octanol–water partition coefficient (Wildman–Crippen LogP) is 5.77. The summed E-state index contributed by atoms with van der Waals surface area (Å²) in [4.78, 5) is 9.14. The summed E-state index contributed by atoms with van der Waals surface area (Å²) in [5.74, 6) is 0.421. The minimum atomic E-state index is -0.289. The van der Waals surface area contributed by atoms with Crippen LogP contribution in [0.5, 0.6) is 0 Å². The van der Waals surface area contributed by atoms with Crippen molar-refractivity contribution in [1.82, 2.24) is 9.88 Å². The fourth-order valence-corrected chi connectivity index (χ4v) is 5.13. The smallest absolute Gasteiger partial charge is 0.147 e. The zero-order valence-corrected chi connectivity index (χ0v) is 18.4. The van der Waals surface area contributed by atoms with E-state index in [4.69, 9.17) is 11.6 Å². The third kappa shape index (κ3) is 5.04. The van der Waals surface area contributed by atoms with Gasteiger partial charge in [0.2, 0.25) is 0 Å². The molecule has 4 rings (SSSR count). The molecule has 0 bridgehead atoms. The lowest BCUT2D eigenvalue weighted by Gasteiger charge is -2.28. The van der Waals surface area contributed by atoms with E-state index < -0.39 is 0 Å². The van der Waals surface area contributed by atoms with E-state index >= 15 is 0 Å². The van der Waals surface area contributed by atoms with Crippen molar-refractivity contribution in [3.05, 3.63) is 69.8 Å². The number of halogens is 2. The summed E-state index contributed by atoms with van der Waals surface area (Å²) in [6.45, 7) is 2.89. The second-order valence-corrected chi connectivity index (χ2v) is 9.06. The van der Waals surface area contributed by atoms with Crippen LogP contribution in [0.15, 0.2) is 58.3 Å². The molecular formula is C21H22ClFN4S2. The van der Waals surface area contributed by atoms with Gasteiger partial charge in [-0.15, -0.1) is 11.3 Å². The molecule has 4 nitrogen and oxygen atoms in total. The van der Waals surface area contributed by atoms with Gasteiger partial charge in [-0.05, 0) is 36.1 Å². The highest BCUT2D eigenvalue weighted by atomic mass is 35.5. The van der Waals surface area contributed by atoms with Crippen LogP contribution in [0.2, 0.25) is 5.02 Å². The van der Waals surface area contributed by atoms with Gasteiger partial charge in [-0.25, -0.2) is 9.37 Å². The van der Waals surface area contributed by atoms with Crippen molar-refractivity contribution in [2.75, 3.05) is 29.8 Å². The average Bonchev–Trinajstić information content (AvgIpc) is 3.41. The average molecular weight is 449 g/mol. The standard InChI is InChI=1S/C21H22ClFN4S2/c1-26(16-7-8-27(12-16)11-15-5-3-2-4-6-15)19-10-18(23)20(9-17(19)22)29-25-21-13-28-14-24-21/h2-6,9-10,13-14,16,25H,7-8,11-12H2,1H3. The number of aromatic nitrogens is 1. The summed E-state index contributed by atoms with van der Waals surface area (Å²) in [5, 5.41) is 2.42. The number of anilines is 2. The summed E-state index contributed by atoms with van der Waals surface area (Å²) in [5.41, 5.74) is 3.77. The van der Waals surface area contributed by atoms with Crippen molar-refractivity contribution in [3.8, 4) is 0 Å². The van der Waals surface area contributed by atoms with Gasteiger partial charge in [0.25, 0.3) is 0 Å². The van der Waals surface area contributed by atoms with Gasteiger partial charge in [-0.1, -0.05) is 41.9 Å². The molecule has 0 aliphatic carbocycles. The third-order valence-electron chi connectivity index (χ3n) is 5.12. The third-order valence-corrected chi connectivity index (χ3v) is 6.86. The van der Waals surface area contributed by atoms with Crippen LogP contribution in [0, 0.1) is 5.82 Å². The van der Waals surface area contributed by atoms with E-state index in [1.807, 2.05) is 18.5 Å². The number of likely N-dealkylation sites (N-methyl/N-ethyl adjacent to an activating group) is 1. The zero-order chi connectivity index (χ0) is 20.2. The van der Waals surface area contributed by atoms with E-state index in [0.717, 1.165) is 31.7 Å². The molecule has 1 aliphatic heterocycles. The minimum absolute atomic E-state index is 0.289. The quantitative estimate of drug-likeness (QED) is 0.464. The van der Waals surface area contributed by atoms with Gasteiger partial charge in [0.1, 0.15) is 11.6 Å². The molecule has 1 fully saturated rings. The van der Waals surface area contributed by atoms with Crippen LogP contribution >= 0.6 is 34.9 Å². The predicted molar refractivity (Wildman–Crippen MR) is 122 cm³/mol. The fourth-order valence-electron chi connectivity index (χ4n) is 3.55. The van der Waals surface area contributed by atoms with Crippen LogP contribution in [0.4, 0.5) is 15.9 Å². The van der Waals surface area contributed by atoms with Gasteiger partial charge < -0.3 is 9.62 Å². The van der Waals surface area contributed by atoms with Crippen molar-refractivity contribution in [2.45, 2.75) is 23.9 Å². The Balaban J connectivity index is 1.40. The van der Waals surface area contributed by atoms with Crippen LogP contribution in [0.25, 0.3) is 0 Å². The molecule has 29 heavy (non-hydrogen) atoms. The lowest BCUT2D eigenvalue weighted by molar-refractivity contribution is 0.326. The maximum absolute atomic E-state index is 14.7. The molecule has 1 saturated heterocycles. The summed E-state index contributed by atoms with van der Waals surface area (Å²) in [6.07, 6.45) is 1.03. The Morgan fingerprint density at radius 1 is 1.34 bits per heavy atom. The Morgan fingerprint density at radius 3 is 2.93 bits per heavy atom. The molecule has 1 aromatic heterocycles. The van der Waals surface area contributed by atoms with Gasteiger partial charge in [0.05, 0.1) is 21.1 Å². The molecule has 1 N–H and O–H groups in total. The van der Waals surface area contributed by atoms with Crippen LogP contribution in [0.3, 0.4) is 0 Å². The van der Waals surface area contributed by atoms with Crippen molar-refractivity contribution in [1.29, 1.82) is 0 Å². The Hall–Kier alpha value is -1.80. The van der Waals surface area contributed by atoms with Crippen molar-refractivity contribution in [3.63, 3.8) is 0 Å². The zero-order valence-electron chi connectivity index (χ0n) is 16.0. The monoisotopic (exact) mass is 448 g/mol. The topological polar surface area (TPSA) is 31.4 Å². The minimum Gasteiger partial charge on any atom is -0.369 e. The molecule has 1 unspecified atom stereocenters. The van der Waals surface area contributed by atoms with E-state index in [9.17, 15) is 4.39 Å². The molecule has 1 atom stereocenters. The Morgan fingerprint density at radius 2 is 2.17 bits per heavy atom. The molecule has 3 aromatic rings. The second kappa shape index (κ2) is 9.34. The number of likely N-dealkylation sites (tertiary alicyclic amines) is 1. The molecule has 152 valence electrons. The summed E-state index contributed by atoms with van der Waals surface area (Å²) >= 11 is 9.19. The van der Waals surface area contributed by atoms with Gasteiger partial charge in [-0.3, -0.25) is 4.90 Å². The molecule has 0 radical (unpaired) electrons. The van der Waals surface area contributed by atoms with E-state index in [2.05, 4.69) is 43.8 Å². The Kier molecular flexibility index (Phi) is 6.60. The number of hydrogen-bond donors (Lipinski definition) is 1. The number of rotatable bonds is 7. The van der Waals surface area contributed by atoms with Gasteiger partial charge in [-0.2, -0.15) is 0 Å². The first-order valence-corrected chi connectivity index (χ1v) is 11.5. The number of nitrogens with one attached hydrogen (secondary N) is 1. The largest absolute Gasteiger partial charge is 0.369 e. The normalized spacial score (nSPS) is 16.9. The van der Waals surface area contributed by atoms with Crippen LogP contribution in [0.1, 0.15) is 12.0 Å². The molecular weight excluding hydrogens is 427 g/mol. The maximum Gasteiger partial charge on any atom is 0.147 e. The molecule has 2 aromatic carbocycles. The summed E-state index contributed by atoms with van der Waals surface area (Å²) in [6, 6.07) is 14.0. The van der Waals surface area contributed by atoms with E-state index in [1.54, 1.807) is 11.6 Å². The highest BCUT2D eigenvalue weighted by Crippen LogP contribution is 2.35. The molecule has 0 amide bonds. The highest BCUT2D eigenvalue weighted by molar-refractivity contribution is 8.00. The number of hydrogen-bond acceptors (Lipinski definition) is 6. The molecule has 2 heterocycles. The molecule has 1 aliphatic rings. The fraction of sp³-hybridized carbons (Fsp3) is 0.286. The first-order chi connectivity index (χ1) is 14.1. The van der Waals surface area contributed by atoms with E-state index in [1.165, 1.54) is 34.9 Å². The van der Waals surface area contributed by atoms with Gasteiger partial charge in [0.15, 0.2) is 0 Å². The molecule has 0 saturated carbocycles. The van der Waals surface area contributed by atoms with Crippen molar-refractivity contribution < 1.29 is 4.39 Å². The van der Waals surface area contributed by atoms with Crippen molar-refractivity contribution >= 4 is 46.4 Å². The molecule has 8 heteroatoms. The van der Waals surface area contributed by atoms with E-state index in [-0.39, 0.29) is 5.82 Å². The first-order valence-electron chi connectivity index (χ1n) is 9.39. The SMILES string of the molecule is CN(c1cc(F)c(SNc2cscn2)cc1Cl)C1CCN(Cc2ccccc2)C1. The number of nitrogens with zero attached hydrogens (tertiary/aromatic N) is 3. The lowest BCUT2D eigenvalue weighted by Crippen LogP contribution is -2.34.